The summed E-state index contributed by atoms with van der Waals surface area (Å²) in [5.74, 6) is 0. The number of hydrogen-bond acceptors (Lipinski definition) is 5. The van der Waals surface area contributed by atoms with Gasteiger partial charge in [0.25, 0.3) is 0 Å². The minimum Gasteiger partial charge on any atom is -0.300 e. The molecule has 0 spiro atoms. The Hall–Kier alpha value is -2.22. The number of nitrogens with zero attached hydrogens (tertiary/aromatic N) is 6. The second-order valence-electron chi connectivity index (χ2n) is 5.17. The molecule has 0 unspecified atom stereocenters. The Labute approximate surface area is 121 Å². The van der Waals surface area contributed by atoms with E-state index >= 15 is 0 Å². The summed E-state index contributed by atoms with van der Waals surface area (Å²) in [6, 6.07) is 5.51. The first-order chi connectivity index (χ1) is 10.3. The van der Waals surface area contributed by atoms with Crippen LogP contribution in [0.15, 0.2) is 34.5 Å². The van der Waals surface area contributed by atoms with E-state index in [-0.39, 0.29) is 5.69 Å². The lowest BCUT2D eigenvalue weighted by molar-refractivity contribution is 0.131. The van der Waals surface area contributed by atoms with Crippen LogP contribution in [0.25, 0.3) is 5.65 Å². The van der Waals surface area contributed by atoms with Crippen LogP contribution in [0, 0.1) is 4.91 Å². The summed E-state index contributed by atoms with van der Waals surface area (Å²) < 4.78 is 3.06. The van der Waals surface area contributed by atoms with Gasteiger partial charge < -0.3 is 0 Å². The van der Waals surface area contributed by atoms with Crippen molar-refractivity contribution in [2.45, 2.75) is 13.0 Å². The minimum atomic E-state index is -0.0967. The van der Waals surface area contributed by atoms with Gasteiger partial charge in [-0.1, -0.05) is 6.07 Å². The number of pyridine rings is 1. The maximum Gasteiger partial charge on any atom is 0.350 e. The topological polar surface area (TPSA) is 75.2 Å². The van der Waals surface area contributed by atoms with E-state index in [2.05, 4.69) is 15.3 Å². The van der Waals surface area contributed by atoms with Gasteiger partial charge >= 0.3 is 5.69 Å². The van der Waals surface area contributed by atoms with Crippen LogP contribution in [0.5, 0.6) is 0 Å². The molecule has 0 aliphatic carbocycles. The maximum absolute atomic E-state index is 12.1. The Bertz CT molecular complexity index is 671. The van der Waals surface area contributed by atoms with Crippen LogP contribution in [0.1, 0.15) is 6.42 Å². The molecular weight excluding hydrogens is 272 g/mol. The maximum atomic E-state index is 12.1. The van der Waals surface area contributed by atoms with Crippen molar-refractivity contribution in [3.05, 3.63) is 39.8 Å². The first-order valence-corrected chi connectivity index (χ1v) is 7.13. The van der Waals surface area contributed by atoms with Crippen LogP contribution in [0.3, 0.4) is 0 Å². The zero-order valence-electron chi connectivity index (χ0n) is 11.8. The fourth-order valence-corrected chi connectivity index (χ4v) is 2.60. The van der Waals surface area contributed by atoms with E-state index in [9.17, 15) is 9.70 Å². The number of rotatable bonds is 5. The molecule has 1 saturated heterocycles. The molecule has 1 aliphatic rings. The van der Waals surface area contributed by atoms with Crippen molar-refractivity contribution in [2.24, 2.45) is 5.29 Å². The average Bonchev–Trinajstić information content (AvgIpc) is 2.85. The third-order valence-electron chi connectivity index (χ3n) is 3.80. The molecule has 0 aromatic carbocycles. The molecule has 112 valence electrons. The van der Waals surface area contributed by atoms with Gasteiger partial charge in [-0.3, -0.25) is 14.3 Å². The number of nitroso groups, excluding NO2 is 1. The van der Waals surface area contributed by atoms with Crippen molar-refractivity contribution in [1.82, 2.24) is 24.1 Å². The van der Waals surface area contributed by atoms with Gasteiger partial charge in [-0.05, 0) is 18.6 Å². The predicted octanol–water partition coefficient (Wildman–Crippen LogP) is 0.185. The van der Waals surface area contributed by atoms with Crippen molar-refractivity contribution in [2.75, 3.05) is 32.7 Å². The van der Waals surface area contributed by atoms with E-state index in [0.29, 0.717) is 25.3 Å². The van der Waals surface area contributed by atoms with Gasteiger partial charge in [0.2, 0.25) is 0 Å². The molecule has 2 aromatic rings. The van der Waals surface area contributed by atoms with Crippen LogP contribution < -0.4 is 5.69 Å². The first kappa shape index (κ1) is 13.7. The van der Waals surface area contributed by atoms with E-state index < -0.39 is 0 Å². The summed E-state index contributed by atoms with van der Waals surface area (Å²) in [5.41, 5.74) is 0.578. The number of fused-ring (bicyclic) bond motifs is 1. The lowest BCUT2D eigenvalue weighted by atomic mass is 10.3. The summed E-state index contributed by atoms with van der Waals surface area (Å²) >= 11 is 0. The molecule has 0 bridgehead atoms. The molecule has 3 heterocycles. The second kappa shape index (κ2) is 6.04. The molecule has 0 saturated carbocycles. The summed E-state index contributed by atoms with van der Waals surface area (Å²) in [6.07, 6.45) is 2.59. The predicted molar refractivity (Wildman–Crippen MR) is 77.9 cm³/mol. The molecule has 0 amide bonds. The average molecular weight is 290 g/mol. The molecule has 8 heteroatoms. The van der Waals surface area contributed by atoms with Gasteiger partial charge in [-0.2, -0.15) is 0 Å². The zero-order chi connectivity index (χ0) is 14.7. The van der Waals surface area contributed by atoms with E-state index in [0.717, 1.165) is 26.1 Å². The largest absolute Gasteiger partial charge is 0.350 e. The van der Waals surface area contributed by atoms with Gasteiger partial charge in [0.15, 0.2) is 5.65 Å². The summed E-state index contributed by atoms with van der Waals surface area (Å²) in [4.78, 5) is 24.8. The van der Waals surface area contributed by atoms with E-state index in [4.69, 9.17) is 0 Å². The Morgan fingerprint density at radius 2 is 1.95 bits per heavy atom. The van der Waals surface area contributed by atoms with Crippen LogP contribution in [0.4, 0.5) is 0 Å². The highest BCUT2D eigenvalue weighted by molar-refractivity contribution is 5.35. The smallest absolute Gasteiger partial charge is 0.300 e. The van der Waals surface area contributed by atoms with Crippen LogP contribution in [-0.2, 0) is 6.54 Å². The van der Waals surface area contributed by atoms with Gasteiger partial charge in [0.1, 0.15) is 0 Å². The Morgan fingerprint density at radius 3 is 2.67 bits per heavy atom. The molecule has 0 radical (unpaired) electrons. The van der Waals surface area contributed by atoms with Gasteiger partial charge in [-0.15, -0.1) is 10.0 Å². The Balaban J connectivity index is 1.54. The SMILES string of the molecule is O=NN1CCN(CCCn2nc3ccccn3c2=O)CC1. The van der Waals surface area contributed by atoms with Gasteiger partial charge in [-0.25, -0.2) is 9.48 Å². The van der Waals surface area contributed by atoms with E-state index in [1.807, 2.05) is 18.2 Å². The third kappa shape index (κ3) is 2.94. The lowest BCUT2D eigenvalue weighted by Gasteiger charge is -2.30. The Morgan fingerprint density at radius 1 is 1.14 bits per heavy atom. The highest BCUT2D eigenvalue weighted by Gasteiger charge is 2.15. The fourth-order valence-electron chi connectivity index (χ4n) is 2.60. The van der Waals surface area contributed by atoms with Crippen molar-refractivity contribution < 1.29 is 0 Å². The van der Waals surface area contributed by atoms with E-state index in [1.165, 1.54) is 4.68 Å². The highest BCUT2D eigenvalue weighted by Crippen LogP contribution is 2.03. The van der Waals surface area contributed by atoms with Crippen LogP contribution in [0.2, 0.25) is 0 Å². The molecule has 1 fully saturated rings. The molecule has 2 aromatic heterocycles. The second-order valence-corrected chi connectivity index (χ2v) is 5.17. The molecular formula is C13H18N6O2. The quantitative estimate of drug-likeness (QED) is 0.735. The van der Waals surface area contributed by atoms with Crippen molar-refractivity contribution >= 4 is 5.65 Å². The molecule has 8 nitrogen and oxygen atoms in total. The monoisotopic (exact) mass is 290 g/mol. The molecule has 0 atom stereocenters. The highest BCUT2D eigenvalue weighted by atomic mass is 16.3. The van der Waals surface area contributed by atoms with Gasteiger partial charge in [0.05, 0.1) is 18.4 Å². The number of hydrogen-bond donors (Lipinski definition) is 0. The number of aromatic nitrogens is 3. The van der Waals surface area contributed by atoms with Crippen molar-refractivity contribution in [1.29, 1.82) is 0 Å². The summed E-state index contributed by atoms with van der Waals surface area (Å²) in [7, 11) is 0. The molecule has 1 aliphatic heterocycles. The Kier molecular flexibility index (Phi) is 3.96. The van der Waals surface area contributed by atoms with Gasteiger partial charge in [0, 0.05) is 32.4 Å². The standard InChI is InChI=1S/C13H18N6O2/c20-13-18-6-2-1-4-12(18)14-19(13)7-3-5-16-8-10-17(15-21)11-9-16/h1-2,4,6H,3,5,7-11H2. The van der Waals surface area contributed by atoms with Crippen LogP contribution >= 0.6 is 0 Å². The molecule has 3 rings (SSSR count). The van der Waals surface area contributed by atoms with Crippen molar-refractivity contribution in [3.63, 3.8) is 0 Å². The number of piperazine rings is 1. The number of aryl methyl sites for hydroxylation is 1. The summed E-state index contributed by atoms with van der Waals surface area (Å²) in [6.45, 7) is 4.53. The lowest BCUT2D eigenvalue weighted by Crippen LogP contribution is -2.44. The fraction of sp³-hybridized carbons (Fsp3) is 0.538. The van der Waals surface area contributed by atoms with E-state index in [1.54, 1.807) is 15.6 Å². The molecule has 21 heavy (non-hydrogen) atoms. The molecule has 0 N–H and O–H groups in total. The zero-order valence-corrected chi connectivity index (χ0v) is 11.8. The minimum absolute atomic E-state index is 0.0967. The van der Waals surface area contributed by atoms with Crippen LogP contribution in [-0.4, -0.2) is 56.8 Å². The normalized spacial score (nSPS) is 16.5. The third-order valence-corrected chi connectivity index (χ3v) is 3.80. The summed E-state index contributed by atoms with van der Waals surface area (Å²) in [5, 5.41) is 8.79. The first-order valence-electron chi connectivity index (χ1n) is 7.13. The van der Waals surface area contributed by atoms with Crippen molar-refractivity contribution in [3.8, 4) is 0 Å².